The van der Waals surface area contributed by atoms with Gasteiger partial charge in [0.25, 0.3) is 0 Å². The number of aryl methyl sites for hydroxylation is 1. The Bertz CT molecular complexity index is 845. The quantitative estimate of drug-likeness (QED) is 0.676. The van der Waals surface area contributed by atoms with Gasteiger partial charge in [-0.3, -0.25) is 9.67 Å². The maximum absolute atomic E-state index is 4.80. The van der Waals surface area contributed by atoms with E-state index in [9.17, 15) is 0 Å². The SMILES string of the molecule is CCC(C)C(C)=Nc1c(-c2cnn(-c3cnccn3)c2)cnn1C. The van der Waals surface area contributed by atoms with Gasteiger partial charge in [0.05, 0.1) is 18.6 Å². The highest BCUT2D eigenvalue weighted by Crippen LogP contribution is 2.30. The first kappa shape index (κ1) is 16.0. The molecule has 0 spiro atoms. The van der Waals surface area contributed by atoms with Crippen LogP contribution in [0.2, 0.25) is 0 Å². The van der Waals surface area contributed by atoms with Crippen LogP contribution in [0.1, 0.15) is 27.2 Å². The van der Waals surface area contributed by atoms with Crippen molar-refractivity contribution in [1.29, 1.82) is 0 Å². The number of aliphatic imine (C=N–C) groups is 1. The number of rotatable bonds is 5. The summed E-state index contributed by atoms with van der Waals surface area (Å²) in [6.45, 7) is 6.41. The van der Waals surface area contributed by atoms with Gasteiger partial charge < -0.3 is 0 Å². The minimum atomic E-state index is 0.440. The molecule has 7 heteroatoms. The lowest BCUT2D eigenvalue weighted by atomic mass is 10.0. The second-order valence-corrected chi connectivity index (χ2v) is 5.81. The Kier molecular flexibility index (Phi) is 4.50. The molecule has 0 fully saturated rings. The normalized spacial score (nSPS) is 13.2. The average molecular weight is 323 g/mol. The molecule has 0 bridgehead atoms. The third kappa shape index (κ3) is 3.10. The molecule has 0 saturated heterocycles. The molecule has 0 aliphatic carbocycles. The lowest BCUT2D eigenvalue weighted by Gasteiger charge is -2.08. The Morgan fingerprint density at radius 2 is 2.04 bits per heavy atom. The summed E-state index contributed by atoms with van der Waals surface area (Å²) in [6.07, 6.45) is 11.5. The van der Waals surface area contributed by atoms with Crippen LogP contribution in [-0.2, 0) is 7.05 Å². The van der Waals surface area contributed by atoms with Gasteiger partial charge in [-0.25, -0.2) is 14.7 Å². The summed E-state index contributed by atoms with van der Waals surface area (Å²) in [6, 6.07) is 0. The molecule has 3 aromatic rings. The molecule has 1 unspecified atom stereocenters. The van der Waals surface area contributed by atoms with Crippen LogP contribution in [0.4, 0.5) is 5.82 Å². The highest BCUT2D eigenvalue weighted by molar-refractivity contribution is 5.88. The van der Waals surface area contributed by atoms with E-state index in [-0.39, 0.29) is 0 Å². The first-order chi connectivity index (χ1) is 11.6. The van der Waals surface area contributed by atoms with Gasteiger partial charge in [-0.2, -0.15) is 10.2 Å². The van der Waals surface area contributed by atoms with Crippen LogP contribution in [0.3, 0.4) is 0 Å². The third-order valence-electron chi connectivity index (χ3n) is 4.19. The average Bonchev–Trinajstić information content (AvgIpc) is 3.22. The molecule has 3 rings (SSSR count). The largest absolute Gasteiger partial charge is 0.259 e. The highest BCUT2D eigenvalue weighted by atomic mass is 15.3. The first-order valence-electron chi connectivity index (χ1n) is 7.98. The van der Waals surface area contributed by atoms with Crippen LogP contribution in [0.25, 0.3) is 16.9 Å². The van der Waals surface area contributed by atoms with E-state index in [0.717, 1.165) is 29.1 Å². The van der Waals surface area contributed by atoms with Gasteiger partial charge in [0.1, 0.15) is 0 Å². The molecule has 124 valence electrons. The Balaban J connectivity index is 1.98. The van der Waals surface area contributed by atoms with Crippen LogP contribution >= 0.6 is 0 Å². The summed E-state index contributed by atoms with van der Waals surface area (Å²) >= 11 is 0. The van der Waals surface area contributed by atoms with Crippen molar-refractivity contribution in [3.8, 4) is 16.9 Å². The van der Waals surface area contributed by atoms with Crippen molar-refractivity contribution in [1.82, 2.24) is 29.5 Å². The second-order valence-electron chi connectivity index (χ2n) is 5.81. The van der Waals surface area contributed by atoms with E-state index in [1.54, 1.807) is 34.2 Å². The van der Waals surface area contributed by atoms with E-state index in [0.29, 0.717) is 11.7 Å². The molecule has 0 N–H and O–H groups in total. The maximum atomic E-state index is 4.80. The fourth-order valence-corrected chi connectivity index (χ4v) is 2.34. The van der Waals surface area contributed by atoms with Crippen molar-refractivity contribution in [3.63, 3.8) is 0 Å². The first-order valence-corrected chi connectivity index (χ1v) is 7.98. The molecule has 0 aromatic carbocycles. The van der Waals surface area contributed by atoms with Gasteiger partial charge in [0.15, 0.2) is 11.6 Å². The zero-order chi connectivity index (χ0) is 17.1. The fraction of sp³-hybridized carbons (Fsp3) is 0.353. The minimum absolute atomic E-state index is 0.440. The van der Waals surface area contributed by atoms with Crippen molar-refractivity contribution >= 4 is 11.5 Å². The Morgan fingerprint density at radius 1 is 1.21 bits per heavy atom. The maximum Gasteiger partial charge on any atom is 0.171 e. The topological polar surface area (TPSA) is 73.8 Å². The molecule has 1 atom stereocenters. The van der Waals surface area contributed by atoms with E-state index in [1.807, 2.05) is 19.4 Å². The highest BCUT2D eigenvalue weighted by Gasteiger charge is 2.14. The van der Waals surface area contributed by atoms with Crippen molar-refractivity contribution < 1.29 is 0 Å². The standard InChI is InChI=1S/C17H21N7/c1-5-12(2)13(3)22-17-15(9-20-23(17)4)14-8-21-24(11-14)16-10-18-6-7-19-16/h6-12H,5H2,1-4H3. The van der Waals surface area contributed by atoms with E-state index in [2.05, 4.69) is 40.9 Å². The second kappa shape index (κ2) is 6.74. The minimum Gasteiger partial charge on any atom is -0.259 e. The molecule has 0 aliphatic rings. The molecule has 0 radical (unpaired) electrons. The molecule has 24 heavy (non-hydrogen) atoms. The van der Waals surface area contributed by atoms with E-state index < -0.39 is 0 Å². The monoisotopic (exact) mass is 323 g/mol. The van der Waals surface area contributed by atoms with E-state index in [4.69, 9.17) is 4.99 Å². The fourth-order valence-electron chi connectivity index (χ4n) is 2.34. The van der Waals surface area contributed by atoms with Crippen molar-refractivity contribution in [2.45, 2.75) is 27.2 Å². The van der Waals surface area contributed by atoms with E-state index in [1.165, 1.54) is 0 Å². The Hall–Kier alpha value is -2.83. The lowest BCUT2D eigenvalue weighted by Crippen LogP contribution is -2.05. The van der Waals surface area contributed by atoms with Gasteiger partial charge in [0, 0.05) is 42.5 Å². The molecule has 3 heterocycles. The summed E-state index contributed by atoms with van der Waals surface area (Å²) < 4.78 is 3.49. The van der Waals surface area contributed by atoms with Crippen LogP contribution in [0.5, 0.6) is 0 Å². The van der Waals surface area contributed by atoms with Gasteiger partial charge in [-0.05, 0) is 19.3 Å². The Morgan fingerprint density at radius 3 is 2.75 bits per heavy atom. The summed E-state index contributed by atoms with van der Waals surface area (Å²) in [5.74, 6) is 1.95. The molecule has 7 nitrogen and oxygen atoms in total. The summed E-state index contributed by atoms with van der Waals surface area (Å²) in [4.78, 5) is 13.1. The summed E-state index contributed by atoms with van der Waals surface area (Å²) in [5.41, 5.74) is 3.00. The van der Waals surface area contributed by atoms with Crippen molar-refractivity contribution in [2.75, 3.05) is 0 Å². The van der Waals surface area contributed by atoms with Gasteiger partial charge >= 0.3 is 0 Å². The zero-order valence-electron chi connectivity index (χ0n) is 14.4. The van der Waals surface area contributed by atoms with Gasteiger partial charge in [-0.15, -0.1) is 0 Å². The van der Waals surface area contributed by atoms with E-state index >= 15 is 0 Å². The smallest absolute Gasteiger partial charge is 0.171 e. The number of hydrogen-bond acceptors (Lipinski definition) is 5. The van der Waals surface area contributed by atoms with Crippen molar-refractivity contribution in [3.05, 3.63) is 37.2 Å². The predicted molar refractivity (Wildman–Crippen MR) is 93.6 cm³/mol. The van der Waals surface area contributed by atoms with Crippen LogP contribution in [-0.4, -0.2) is 35.2 Å². The molecule has 0 saturated carbocycles. The zero-order valence-corrected chi connectivity index (χ0v) is 14.4. The predicted octanol–water partition coefficient (Wildman–Crippen LogP) is 3.20. The molecule has 0 amide bonds. The third-order valence-corrected chi connectivity index (χ3v) is 4.19. The molecule has 0 aliphatic heterocycles. The summed E-state index contributed by atoms with van der Waals surface area (Å²) in [5, 5.41) is 8.73. The van der Waals surface area contributed by atoms with Crippen LogP contribution in [0, 0.1) is 5.92 Å². The van der Waals surface area contributed by atoms with Crippen LogP contribution in [0.15, 0.2) is 42.2 Å². The van der Waals surface area contributed by atoms with Gasteiger partial charge in [0.2, 0.25) is 0 Å². The number of nitrogens with zero attached hydrogens (tertiary/aromatic N) is 7. The Labute approximate surface area is 141 Å². The summed E-state index contributed by atoms with van der Waals surface area (Å²) in [7, 11) is 1.90. The molecule has 3 aromatic heterocycles. The van der Waals surface area contributed by atoms with Crippen LogP contribution < -0.4 is 0 Å². The lowest BCUT2D eigenvalue weighted by molar-refractivity contribution is 0.729. The molecular formula is C17H21N7. The number of hydrogen-bond donors (Lipinski definition) is 0. The van der Waals surface area contributed by atoms with Crippen molar-refractivity contribution in [2.24, 2.45) is 18.0 Å². The molecular weight excluding hydrogens is 302 g/mol. The van der Waals surface area contributed by atoms with Gasteiger partial charge in [-0.1, -0.05) is 13.8 Å². The number of aromatic nitrogens is 6.